The molecule has 2 N–H and O–H groups in total. The third-order valence-electron chi connectivity index (χ3n) is 4.04. The maximum absolute atomic E-state index is 12.6. The summed E-state index contributed by atoms with van der Waals surface area (Å²) in [6.07, 6.45) is 4.05. The highest BCUT2D eigenvalue weighted by Gasteiger charge is 2.26. The fourth-order valence-corrected chi connectivity index (χ4v) is 3.03. The van der Waals surface area contributed by atoms with Gasteiger partial charge in [0.25, 0.3) is 5.91 Å². The third-order valence-corrected chi connectivity index (χ3v) is 4.53. The lowest BCUT2D eigenvalue weighted by atomic mass is 9.90. The van der Waals surface area contributed by atoms with E-state index in [9.17, 15) is 4.79 Å². The van der Waals surface area contributed by atoms with Crippen molar-refractivity contribution in [2.75, 3.05) is 7.05 Å². The summed E-state index contributed by atoms with van der Waals surface area (Å²) in [5.74, 6) is 0.110. The molecule has 104 valence electrons. The van der Waals surface area contributed by atoms with Crippen molar-refractivity contribution in [2.24, 2.45) is 5.73 Å². The molecule has 1 saturated carbocycles. The smallest absolute Gasteiger partial charge is 0.254 e. The van der Waals surface area contributed by atoms with E-state index in [1.807, 2.05) is 37.1 Å². The maximum atomic E-state index is 12.6. The van der Waals surface area contributed by atoms with Gasteiger partial charge < -0.3 is 10.6 Å². The van der Waals surface area contributed by atoms with Gasteiger partial charge in [-0.05, 0) is 50.3 Å². The Morgan fingerprint density at radius 3 is 2.58 bits per heavy atom. The van der Waals surface area contributed by atoms with Crippen LogP contribution in [-0.4, -0.2) is 29.9 Å². The van der Waals surface area contributed by atoms with E-state index in [0.717, 1.165) is 41.3 Å². The summed E-state index contributed by atoms with van der Waals surface area (Å²) in [5, 5.41) is 0. The third kappa shape index (κ3) is 3.37. The van der Waals surface area contributed by atoms with E-state index >= 15 is 0 Å². The number of amides is 1. The zero-order valence-electron chi connectivity index (χ0n) is 11.5. The van der Waals surface area contributed by atoms with Gasteiger partial charge in [-0.3, -0.25) is 4.79 Å². The highest BCUT2D eigenvalue weighted by atomic mass is 79.9. The van der Waals surface area contributed by atoms with Crippen LogP contribution in [-0.2, 0) is 0 Å². The molecule has 0 atom stereocenters. The number of hydrogen-bond acceptors (Lipinski definition) is 2. The van der Waals surface area contributed by atoms with Crippen molar-refractivity contribution in [3.63, 3.8) is 0 Å². The van der Waals surface area contributed by atoms with Gasteiger partial charge in [-0.15, -0.1) is 0 Å². The number of hydrogen-bond donors (Lipinski definition) is 1. The minimum Gasteiger partial charge on any atom is -0.339 e. The molecule has 19 heavy (non-hydrogen) atoms. The molecule has 0 aliphatic heterocycles. The Balaban J connectivity index is 2.12. The Bertz CT molecular complexity index is 467. The molecule has 0 aromatic heterocycles. The summed E-state index contributed by atoms with van der Waals surface area (Å²) < 4.78 is 0.945. The molecule has 1 aromatic carbocycles. The number of carbonyl (C=O) groups excluding carboxylic acids is 1. The lowest BCUT2D eigenvalue weighted by molar-refractivity contribution is 0.0689. The van der Waals surface area contributed by atoms with Gasteiger partial charge in [-0.25, -0.2) is 0 Å². The normalized spacial score (nSPS) is 23.2. The van der Waals surface area contributed by atoms with Crippen molar-refractivity contribution >= 4 is 21.8 Å². The SMILES string of the molecule is Cc1ccc(Br)cc1C(=O)N(C)C1CCC(N)CC1. The lowest BCUT2D eigenvalue weighted by Crippen LogP contribution is -2.42. The summed E-state index contributed by atoms with van der Waals surface area (Å²) in [5.41, 5.74) is 7.72. The van der Waals surface area contributed by atoms with Crippen molar-refractivity contribution in [1.82, 2.24) is 4.90 Å². The second kappa shape index (κ2) is 6.06. The number of rotatable bonds is 2. The van der Waals surface area contributed by atoms with Crippen molar-refractivity contribution in [1.29, 1.82) is 0 Å². The van der Waals surface area contributed by atoms with Crippen LogP contribution in [0.2, 0.25) is 0 Å². The first-order chi connectivity index (χ1) is 8.99. The monoisotopic (exact) mass is 324 g/mol. The van der Waals surface area contributed by atoms with Crippen LogP contribution in [0.1, 0.15) is 41.6 Å². The van der Waals surface area contributed by atoms with E-state index in [1.165, 1.54) is 0 Å². The maximum Gasteiger partial charge on any atom is 0.254 e. The quantitative estimate of drug-likeness (QED) is 0.908. The summed E-state index contributed by atoms with van der Waals surface area (Å²) in [4.78, 5) is 14.5. The second-order valence-corrected chi connectivity index (χ2v) is 6.36. The van der Waals surface area contributed by atoms with Gasteiger partial charge in [-0.1, -0.05) is 22.0 Å². The molecule has 1 aliphatic rings. The highest BCUT2D eigenvalue weighted by Crippen LogP contribution is 2.24. The fraction of sp³-hybridized carbons (Fsp3) is 0.533. The van der Waals surface area contributed by atoms with Crippen LogP contribution in [0.15, 0.2) is 22.7 Å². The van der Waals surface area contributed by atoms with Gasteiger partial charge in [0.05, 0.1) is 0 Å². The second-order valence-electron chi connectivity index (χ2n) is 5.44. The molecule has 3 nitrogen and oxygen atoms in total. The first-order valence-corrected chi connectivity index (χ1v) is 7.57. The molecular weight excluding hydrogens is 304 g/mol. The summed E-state index contributed by atoms with van der Waals surface area (Å²) in [6, 6.07) is 6.48. The van der Waals surface area contributed by atoms with E-state index in [1.54, 1.807) is 0 Å². The van der Waals surface area contributed by atoms with E-state index in [-0.39, 0.29) is 5.91 Å². The molecule has 2 rings (SSSR count). The van der Waals surface area contributed by atoms with Crippen molar-refractivity contribution in [3.8, 4) is 0 Å². The molecule has 0 heterocycles. The van der Waals surface area contributed by atoms with Crippen LogP contribution in [0.25, 0.3) is 0 Å². The Morgan fingerprint density at radius 2 is 1.95 bits per heavy atom. The van der Waals surface area contributed by atoms with Crippen LogP contribution < -0.4 is 5.73 Å². The van der Waals surface area contributed by atoms with Gasteiger partial charge in [0.1, 0.15) is 0 Å². The predicted molar refractivity (Wildman–Crippen MR) is 81.2 cm³/mol. The van der Waals surface area contributed by atoms with Gasteiger partial charge in [0, 0.05) is 29.2 Å². The predicted octanol–water partition coefficient (Wildman–Crippen LogP) is 3.10. The van der Waals surface area contributed by atoms with Crippen LogP contribution >= 0.6 is 15.9 Å². The Kier molecular flexibility index (Phi) is 4.63. The average molecular weight is 325 g/mol. The van der Waals surface area contributed by atoms with Crippen LogP contribution in [0, 0.1) is 6.92 Å². The van der Waals surface area contributed by atoms with Gasteiger partial charge >= 0.3 is 0 Å². The molecule has 0 unspecified atom stereocenters. The number of carbonyl (C=O) groups is 1. The zero-order valence-corrected chi connectivity index (χ0v) is 13.1. The van der Waals surface area contributed by atoms with Crippen LogP contribution in [0.5, 0.6) is 0 Å². The first-order valence-electron chi connectivity index (χ1n) is 6.78. The highest BCUT2D eigenvalue weighted by molar-refractivity contribution is 9.10. The van der Waals surface area contributed by atoms with Gasteiger partial charge in [0.15, 0.2) is 0 Å². The van der Waals surface area contributed by atoms with E-state index in [0.29, 0.717) is 12.1 Å². The molecule has 1 fully saturated rings. The Morgan fingerprint density at radius 1 is 1.32 bits per heavy atom. The molecule has 1 aliphatic carbocycles. The van der Waals surface area contributed by atoms with Gasteiger partial charge in [-0.2, -0.15) is 0 Å². The average Bonchev–Trinajstić information content (AvgIpc) is 2.41. The molecule has 1 amide bonds. The summed E-state index contributed by atoms with van der Waals surface area (Å²) in [7, 11) is 1.91. The summed E-state index contributed by atoms with van der Waals surface area (Å²) in [6.45, 7) is 1.98. The number of aryl methyl sites for hydroxylation is 1. The molecular formula is C15H21BrN2O. The fourth-order valence-electron chi connectivity index (χ4n) is 2.67. The molecule has 1 aromatic rings. The summed E-state index contributed by atoms with van der Waals surface area (Å²) >= 11 is 3.43. The molecule has 0 saturated heterocycles. The molecule has 0 bridgehead atoms. The molecule has 4 heteroatoms. The lowest BCUT2D eigenvalue weighted by Gasteiger charge is -2.33. The number of benzene rings is 1. The minimum absolute atomic E-state index is 0.110. The van der Waals surface area contributed by atoms with E-state index < -0.39 is 0 Å². The topological polar surface area (TPSA) is 46.3 Å². The number of halogens is 1. The Labute approximate surface area is 123 Å². The number of nitrogens with zero attached hydrogens (tertiary/aromatic N) is 1. The van der Waals surface area contributed by atoms with Crippen LogP contribution in [0.3, 0.4) is 0 Å². The largest absolute Gasteiger partial charge is 0.339 e. The zero-order chi connectivity index (χ0) is 14.0. The van der Waals surface area contributed by atoms with E-state index in [2.05, 4.69) is 15.9 Å². The standard InChI is InChI=1S/C15H21BrN2O/c1-10-3-4-11(16)9-14(10)15(19)18(2)13-7-5-12(17)6-8-13/h3-4,9,12-13H,5-8,17H2,1-2H3. The van der Waals surface area contributed by atoms with E-state index in [4.69, 9.17) is 5.73 Å². The van der Waals surface area contributed by atoms with Gasteiger partial charge in [0.2, 0.25) is 0 Å². The van der Waals surface area contributed by atoms with Crippen molar-refractivity contribution in [3.05, 3.63) is 33.8 Å². The van der Waals surface area contributed by atoms with Crippen LogP contribution in [0.4, 0.5) is 0 Å². The van der Waals surface area contributed by atoms with Crippen molar-refractivity contribution < 1.29 is 4.79 Å². The minimum atomic E-state index is 0.110. The first kappa shape index (κ1) is 14.5. The Hall–Kier alpha value is -0.870. The molecule has 0 radical (unpaired) electrons. The molecule has 0 spiro atoms. The van der Waals surface area contributed by atoms with Crippen molar-refractivity contribution in [2.45, 2.75) is 44.7 Å². The number of nitrogens with two attached hydrogens (primary N) is 1.